The molecule has 0 spiro atoms. The molecule has 7 heteroatoms. The van der Waals surface area contributed by atoms with Gasteiger partial charge in [0, 0.05) is 10.6 Å². The van der Waals surface area contributed by atoms with E-state index in [9.17, 15) is 13.2 Å². The summed E-state index contributed by atoms with van der Waals surface area (Å²) < 4.78 is 26.9. The Kier molecular flexibility index (Phi) is 5.56. The van der Waals surface area contributed by atoms with Crippen molar-refractivity contribution in [2.45, 2.75) is 31.4 Å². The number of carbonyl (C=O) groups is 1. The van der Waals surface area contributed by atoms with Crippen molar-refractivity contribution >= 4 is 33.0 Å². The minimum absolute atomic E-state index is 0.230. The third-order valence-electron chi connectivity index (χ3n) is 3.55. The Balaban J connectivity index is 1.99. The first-order valence-electron chi connectivity index (χ1n) is 7.28. The molecule has 124 valence electrons. The van der Waals surface area contributed by atoms with Gasteiger partial charge in [0.25, 0.3) is 10.0 Å². The van der Waals surface area contributed by atoms with Gasteiger partial charge in [0.2, 0.25) is 5.91 Å². The Morgan fingerprint density at radius 1 is 1.17 bits per heavy atom. The van der Waals surface area contributed by atoms with Crippen LogP contribution in [0.15, 0.2) is 34.5 Å². The van der Waals surface area contributed by atoms with Crippen molar-refractivity contribution in [3.05, 3.63) is 46.3 Å². The van der Waals surface area contributed by atoms with E-state index < -0.39 is 15.9 Å². The van der Waals surface area contributed by atoms with Gasteiger partial charge in [0.15, 0.2) is 0 Å². The number of carbonyl (C=O) groups excluding carboxylic acids is 1. The highest BCUT2D eigenvalue weighted by Crippen LogP contribution is 2.21. The van der Waals surface area contributed by atoms with Gasteiger partial charge in [-0.2, -0.15) is 0 Å². The van der Waals surface area contributed by atoms with Crippen molar-refractivity contribution in [2.75, 3.05) is 11.9 Å². The molecule has 2 rings (SSSR count). The van der Waals surface area contributed by atoms with E-state index in [1.54, 1.807) is 18.2 Å². The highest BCUT2D eigenvalue weighted by atomic mass is 32.2. The molecular weight excluding hydrogens is 332 g/mol. The molecule has 0 aliphatic carbocycles. The molecule has 0 saturated carbocycles. The van der Waals surface area contributed by atoms with Gasteiger partial charge in [0.05, 0.1) is 6.54 Å². The number of thiophene rings is 1. The number of nitrogens with one attached hydrogen (secondary N) is 2. The topological polar surface area (TPSA) is 75.3 Å². The standard InChI is InChI=1S/C16H20N2O3S2/c1-4-13-8-9-16(22-13)23(20,21)17-10-15(19)18-14-7-5-6-11(2)12(14)3/h5-9,17H,4,10H2,1-3H3,(H,18,19). The maximum Gasteiger partial charge on any atom is 0.250 e. The summed E-state index contributed by atoms with van der Waals surface area (Å²) in [6.07, 6.45) is 0.785. The molecule has 0 aliphatic heterocycles. The quantitative estimate of drug-likeness (QED) is 0.839. The fraction of sp³-hybridized carbons (Fsp3) is 0.312. The fourth-order valence-electron chi connectivity index (χ4n) is 2.01. The summed E-state index contributed by atoms with van der Waals surface area (Å²) in [6, 6.07) is 8.95. The smallest absolute Gasteiger partial charge is 0.250 e. The van der Waals surface area contributed by atoms with E-state index in [0.29, 0.717) is 5.69 Å². The molecule has 0 atom stereocenters. The SMILES string of the molecule is CCc1ccc(S(=O)(=O)NCC(=O)Nc2cccc(C)c2C)s1. The summed E-state index contributed by atoms with van der Waals surface area (Å²) in [7, 11) is -3.65. The molecule has 5 nitrogen and oxygen atoms in total. The van der Waals surface area contributed by atoms with E-state index in [1.807, 2.05) is 32.9 Å². The highest BCUT2D eigenvalue weighted by Gasteiger charge is 2.18. The van der Waals surface area contributed by atoms with Gasteiger partial charge in [-0.1, -0.05) is 19.1 Å². The number of hydrogen-bond acceptors (Lipinski definition) is 4. The first-order valence-corrected chi connectivity index (χ1v) is 9.58. The second kappa shape index (κ2) is 7.25. The molecule has 1 amide bonds. The third kappa shape index (κ3) is 4.40. The molecule has 0 saturated heterocycles. The molecule has 0 bridgehead atoms. The number of amides is 1. The van der Waals surface area contributed by atoms with Crippen molar-refractivity contribution in [3.8, 4) is 0 Å². The first kappa shape index (κ1) is 17.7. The van der Waals surface area contributed by atoms with Crippen LogP contribution in [0.25, 0.3) is 0 Å². The van der Waals surface area contributed by atoms with Crippen molar-refractivity contribution in [2.24, 2.45) is 0 Å². The lowest BCUT2D eigenvalue weighted by Gasteiger charge is -2.10. The summed E-state index contributed by atoms with van der Waals surface area (Å²) in [5.74, 6) is -0.394. The molecule has 0 unspecified atom stereocenters. The number of benzene rings is 1. The predicted molar refractivity (Wildman–Crippen MR) is 93.4 cm³/mol. The summed E-state index contributed by atoms with van der Waals surface area (Å²) >= 11 is 1.22. The molecule has 1 aromatic heterocycles. The summed E-state index contributed by atoms with van der Waals surface area (Å²) in [6.45, 7) is 5.53. The van der Waals surface area contributed by atoms with Crippen LogP contribution in [0.5, 0.6) is 0 Å². The van der Waals surface area contributed by atoms with Crippen LogP contribution >= 0.6 is 11.3 Å². The molecule has 23 heavy (non-hydrogen) atoms. The van der Waals surface area contributed by atoms with Crippen LogP contribution in [0.3, 0.4) is 0 Å². The number of sulfonamides is 1. The number of aryl methyl sites for hydroxylation is 2. The van der Waals surface area contributed by atoms with Crippen molar-refractivity contribution < 1.29 is 13.2 Å². The normalized spacial score (nSPS) is 11.4. The van der Waals surface area contributed by atoms with Gasteiger partial charge in [0.1, 0.15) is 4.21 Å². The van der Waals surface area contributed by atoms with Crippen LogP contribution in [0, 0.1) is 13.8 Å². The Morgan fingerprint density at radius 3 is 2.57 bits per heavy atom. The Bertz CT molecular complexity index is 810. The molecule has 0 fully saturated rings. The maximum absolute atomic E-state index is 12.2. The summed E-state index contributed by atoms with van der Waals surface area (Å²) in [5, 5.41) is 2.73. The van der Waals surface area contributed by atoms with Gasteiger partial charge in [-0.05, 0) is 49.6 Å². The molecule has 1 aromatic carbocycles. The largest absolute Gasteiger partial charge is 0.325 e. The third-order valence-corrected chi connectivity index (χ3v) is 6.67. The maximum atomic E-state index is 12.2. The molecule has 0 radical (unpaired) electrons. The lowest BCUT2D eigenvalue weighted by atomic mass is 10.1. The highest BCUT2D eigenvalue weighted by molar-refractivity contribution is 7.91. The van der Waals surface area contributed by atoms with Gasteiger partial charge >= 0.3 is 0 Å². The average molecular weight is 352 g/mol. The van der Waals surface area contributed by atoms with Gasteiger partial charge in [-0.15, -0.1) is 11.3 Å². The monoisotopic (exact) mass is 352 g/mol. The Labute approximate surface area is 140 Å². The number of rotatable bonds is 6. The van der Waals surface area contributed by atoms with E-state index in [4.69, 9.17) is 0 Å². The predicted octanol–water partition coefficient (Wildman–Crippen LogP) is 2.84. The van der Waals surface area contributed by atoms with E-state index in [0.717, 1.165) is 22.4 Å². The zero-order valence-electron chi connectivity index (χ0n) is 13.3. The van der Waals surface area contributed by atoms with E-state index in [-0.39, 0.29) is 10.8 Å². The van der Waals surface area contributed by atoms with Crippen LogP contribution in [0.1, 0.15) is 22.9 Å². The van der Waals surface area contributed by atoms with E-state index in [1.165, 1.54) is 11.3 Å². The van der Waals surface area contributed by atoms with Crippen LogP contribution in [0.4, 0.5) is 5.69 Å². The molecule has 2 aromatic rings. The van der Waals surface area contributed by atoms with Crippen LogP contribution in [0.2, 0.25) is 0 Å². The van der Waals surface area contributed by atoms with Gasteiger partial charge in [-0.25, -0.2) is 13.1 Å². The zero-order valence-corrected chi connectivity index (χ0v) is 15.0. The second-order valence-corrected chi connectivity index (χ2v) is 8.36. The fourth-order valence-corrected chi connectivity index (χ4v) is 4.33. The Morgan fingerprint density at radius 2 is 1.91 bits per heavy atom. The second-order valence-electron chi connectivity index (χ2n) is 5.19. The van der Waals surface area contributed by atoms with Gasteiger partial charge < -0.3 is 5.32 Å². The average Bonchev–Trinajstić information content (AvgIpc) is 3.00. The summed E-state index contributed by atoms with van der Waals surface area (Å²) in [4.78, 5) is 13.0. The number of hydrogen-bond donors (Lipinski definition) is 2. The molecule has 0 aliphatic rings. The lowest BCUT2D eigenvalue weighted by Crippen LogP contribution is -2.32. The molecular formula is C16H20N2O3S2. The molecule has 1 heterocycles. The van der Waals surface area contributed by atoms with Crippen LogP contribution in [-0.4, -0.2) is 20.9 Å². The van der Waals surface area contributed by atoms with Crippen LogP contribution < -0.4 is 10.0 Å². The Hall–Kier alpha value is -1.70. The summed E-state index contributed by atoms with van der Waals surface area (Å²) in [5.41, 5.74) is 2.72. The first-order chi connectivity index (χ1) is 10.8. The van der Waals surface area contributed by atoms with Crippen molar-refractivity contribution in [1.29, 1.82) is 0 Å². The van der Waals surface area contributed by atoms with Crippen molar-refractivity contribution in [1.82, 2.24) is 4.72 Å². The number of anilines is 1. The van der Waals surface area contributed by atoms with Gasteiger partial charge in [-0.3, -0.25) is 4.79 Å². The molecule has 2 N–H and O–H groups in total. The lowest BCUT2D eigenvalue weighted by molar-refractivity contribution is -0.115. The minimum atomic E-state index is -3.65. The van der Waals surface area contributed by atoms with Crippen molar-refractivity contribution in [3.63, 3.8) is 0 Å². The van der Waals surface area contributed by atoms with E-state index >= 15 is 0 Å². The zero-order chi connectivity index (χ0) is 17.0. The van der Waals surface area contributed by atoms with Crippen LogP contribution in [-0.2, 0) is 21.2 Å². The minimum Gasteiger partial charge on any atom is -0.325 e. The van der Waals surface area contributed by atoms with E-state index in [2.05, 4.69) is 10.0 Å².